The molecular formula is C43H55N7O6. The molecule has 0 saturated heterocycles. The number of nitrogens with one attached hydrogen (secondary N) is 3. The molecular weight excluding hydrogens is 711 g/mol. The van der Waals surface area contributed by atoms with Crippen LogP contribution in [0.25, 0.3) is 44.2 Å². The van der Waals surface area contributed by atoms with Crippen molar-refractivity contribution in [3.63, 3.8) is 0 Å². The van der Waals surface area contributed by atoms with Crippen LogP contribution in [0.2, 0.25) is 0 Å². The van der Waals surface area contributed by atoms with Crippen molar-refractivity contribution in [1.29, 1.82) is 0 Å². The van der Waals surface area contributed by atoms with E-state index in [9.17, 15) is 14.4 Å². The molecule has 3 aromatic carbocycles. The fourth-order valence-corrected chi connectivity index (χ4v) is 7.66. The predicted octanol–water partition coefficient (Wildman–Crippen LogP) is 8.07. The van der Waals surface area contributed by atoms with Gasteiger partial charge in [-0.15, -0.1) is 0 Å². The fraction of sp³-hybridized carbons (Fsp3) is 0.465. The van der Waals surface area contributed by atoms with Gasteiger partial charge in [-0.1, -0.05) is 39.0 Å². The number of fused-ring (bicyclic) bond motifs is 6. The highest BCUT2D eigenvalue weighted by molar-refractivity contribution is 6.07. The Bertz CT molecular complexity index is 2210. The summed E-state index contributed by atoms with van der Waals surface area (Å²) >= 11 is 0. The minimum absolute atomic E-state index is 0.101. The van der Waals surface area contributed by atoms with E-state index in [4.69, 9.17) is 24.2 Å². The van der Waals surface area contributed by atoms with Crippen molar-refractivity contribution in [2.75, 3.05) is 27.4 Å². The van der Waals surface area contributed by atoms with Crippen LogP contribution in [0.3, 0.4) is 0 Å². The molecule has 1 aliphatic heterocycles. The van der Waals surface area contributed by atoms with Crippen LogP contribution < -0.4 is 10.1 Å². The van der Waals surface area contributed by atoms with Crippen LogP contribution in [0.15, 0.2) is 48.7 Å². The van der Waals surface area contributed by atoms with E-state index in [1.54, 1.807) is 18.9 Å². The van der Waals surface area contributed by atoms with Crippen LogP contribution in [-0.4, -0.2) is 87.1 Å². The Morgan fingerprint density at radius 2 is 1.73 bits per heavy atom. The Hall–Kier alpha value is -5.43. The smallest absolute Gasteiger partial charge is 0.407 e. The molecule has 13 heteroatoms. The normalized spacial score (nSPS) is 14.9. The summed E-state index contributed by atoms with van der Waals surface area (Å²) < 4.78 is 16.5. The van der Waals surface area contributed by atoms with E-state index in [0.29, 0.717) is 32.0 Å². The standard InChI is InChI=1S/C43H55N7O6/c1-10-12-38(51)49(21-24(3)22-54-8)27(6)40-44-20-36(47-40)30-13-15-32-31(17-30)23-56-37-19-33-29(18-34(32)37)14-16-35-39(33)48-41(46-35)28(7)50(25(4)11-2)42(52)26(5)45-43(53)55-9/h13-20,24-28H,10-12,21-23H2,1-9H3,(H,44,47)(H,45,53)(H,46,48). The Morgan fingerprint density at radius 1 is 0.946 bits per heavy atom. The number of hydrogen-bond acceptors (Lipinski definition) is 8. The molecule has 56 heavy (non-hydrogen) atoms. The number of amides is 3. The van der Waals surface area contributed by atoms with Crippen molar-refractivity contribution in [2.45, 2.75) is 98.5 Å². The van der Waals surface area contributed by atoms with Gasteiger partial charge >= 0.3 is 6.09 Å². The number of alkyl carbamates (subject to hydrolysis) is 1. The number of imidazole rings is 2. The Labute approximate surface area is 328 Å². The molecule has 0 aliphatic carbocycles. The van der Waals surface area contributed by atoms with Gasteiger partial charge in [0.1, 0.15) is 30.0 Å². The van der Waals surface area contributed by atoms with Crippen molar-refractivity contribution in [3.05, 3.63) is 65.9 Å². The van der Waals surface area contributed by atoms with Gasteiger partial charge in [0.25, 0.3) is 0 Å². The van der Waals surface area contributed by atoms with E-state index in [-0.39, 0.29) is 29.8 Å². The van der Waals surface area contributed by atoms with Gasteiger partial charge in [0.15, 0.2) is 0 Å². The lowest BCUT2D eigenvalue weighted by molar-refractivity contribution is -0.138. The number of H-pyrrole nitrogens is 2. The molecule has 0 radical (unpaired) electrons. The number of nitrogens with zero attached hydrogens (tertiary/aromatic N) is 4. The summed E-state index contributed by atoms with van der Waals surface area (Å²) in [6, 6.07) is 13.2. The van der Waals surface area contributed by atoms with Crippen LogP contribution in [0, 0.1) is 5.92 Å². The average molecular weight is 766 g/mol. The van der Waals surface area contributed by atoms with Gasteiger partial charge < -0.3 is 39.3 Å². The number of aromatic nitrogens is 4. The van der Waals surface area contributed by atoms with Crippen LogP contribution in [-0.2, 0) is 25.7 Å². The molecule has 2 aromatic heterocycles. The van der Waals surface area contributed by atoms with Crippen molar-refractivity contribution in [2.24, 2.45) is 5.92 Å². The molecule has 5 aromatic rings. The first-order chi connectivity index (χ1) is 26.9. The number of ether oxygens (including phenoxy) is 3. The van der Waals surface area contributed by atoms with Crippen molar-refractivity contribution >= 4 is 39.7 Å². The molecule has 0 fully saturated rings. The Morgan fingerprint density at radius 3 is 2.45 bits per heavy atom. The molecule has 3 heterocycles. The fourth-order valence-electron chi connectivity index (χ4n) is 7.66. The molecule has 0 spiro atoms. The van der Waals surface area contributed by atoms with E-state index in [1.807, 2.05) is 51.8 Å². The van der Waals surface area contributed by atoms with Crippen LogP contribution in [0.4, 0.5) is 4.79 Å². The first-order valence-electron chi connectivity index (χ1n) is 19.6. The maximum absolute atomic E-state index is 13.6. The van der Waals surface area contributed by atoms with E-state index in [0.717, 1.165) is 74.2 Å². The average Bonchev–Trinajstić information content (AvgIpc) is 3.87. The maximum atomic E-state index is 13.6. The number of hydrogen-bond donors (Lipinski definition) is 3. The molecule has 0 saturated carbocycles. The van der Waals surface area contributed by atoms with Gasteiger partial charge in [-0.3, -0.25) is 9.59 Å². The van der Waals surface area contributed by atoms with Crippen molar-refractivity contribution in [1.82, 2.24) is 35.1 Å². The second-order valence-corrected chi connectivity index (χ2v) is 15.1. The number of carbonyl (C=O) groups excluding carboxylic acids is 3. The SMILES string of the molecule is CCCC(=O)N(CC(C)COC)C(C)c1ncc(-c2ccc3c(c2)COc2cc4c(ccc5[nH]c(C(C)N(C(=O)C(C)NC(=O)OC)C(C)CC)nc54)cc2-3)[nH]1. The minimum atomic E-state index is -0.772. The number of carbonyl (C=O) groups is 3. The molecule has 298 valence electrons. The highest BCUT2D eigenvalue weighted by atomic mass is 16.5. The second kappa shape index (κ2) is 17.2. The van der Waals surface area contributed by atoms with Gasteiger partial charge in [-0.25, -0.2) is 14.8 Å². The highest BCUT2D eigenvalue weighted by Gasteiger charge is 2.32. The zero-order valence-corrected chi connectivity index (χ0v) is 34.0. The molecule has 13 nitrogen and oxygen atoms in total. The Balaban J connectivity index is 1.27. The topological polar surface area (TPSA) is 155 Å². The summed E-state index contributed by atoms with van der Waals surface area (Å²) in [5.74, 6) is 2.26. The van der Waals surface area contributed by atoms with Crippen LogP contribution in [0.1, 0.15) is 97.0 Å². The molecule has 1 aliphatic rings. The van der Waals surface area contributed by atoms with E-state index >= 15 is 0 Å². The van der Waals surface area contributed by atoms with Crippen LogP contribution in [0.5, 0.6) is 5.75 Å². The summed E-state index contributed by atoms with van der Waals surface area (Å²) in [6.07, 6.45) is 3.18. The second-order valence-electron chi connectivity index (χ2n) is 15.1. The zero-order chi connectivity index (χ0) is 40.3. The molecule has 3 amide bonds. The lowest BCUT2D eigenvalue weighted by Gasteiger charge is -2.35. The summed E-state index contributed by atoms with van der Waals surface area (Å²) in [5, 5.41) is 4.56. The first-order valence-corrected chi connectivity index (χ1v) is 19.6. The number of methoxy groups -OCH3 is 2. The van der Waals surface area contributed by atoms with Crippen molar-refractivity contribution in [3.8, 4) is 28.1 Å². The quantitative estimate of drug-likeness (QED) is 0.0967. The molecule has 3 N–H and O–H groups in total. The van der Waals surface area contributed by atoms with Gasteiger partial charge in [0.05, 0.1) is 48.7 Å². The first kappa shape index (κ1) is 40.2. The van der Waals surface area contributed by atoms with E-state index < -0.39 is 18.2 Å². The van der Waals surface area contributed by atoms with Gasteiger partial charge in [-0.05, 0) is 92.8 Å². The third-order valence-corrected chi connectivity index (χ3v) is 10.9. The number of rotatable bonds is 15. The molecule has 5 unspecified atom stereocenters. The van der Waals surface area contributed by atoms with Gasteiger partial charge in [0, 0.05) is 37.1 Å². The van der Waals surface area contributed by atoms with E-state index in [1.165, 1.54) is 7.11 Å². The predicted molar refractivity (Wildman–Crippen MR) is 217 cm³/mol. The Kier molecular flexibility index (Phi) is 12.3. The number of aromatic amines is 2. The monoisotopic (exact) mass is 765 g/mol. The summed E-state index contributed by atoms with van der Waals surface area (Å²) in [4.78, 5) is 59.0. The third kappa shape index (κ3) is 8.09. The van der Waals surface area contributed by atoms with Gasteiger partial charge in [-0.2, -0.15) is 0 Å². The summed E-state index contributed by atoms with van der Waals surface area (Å²) in [5.41, 5.74) is 6.68. The summed E-state index contributed by atoms with van der Waals surface area (Å²) in [7, 11) is 2.96. The van der Waals surface area contributed by atoms with Crippen LogP contribution >= 0.6 is 0 Å². The lowest BCUT2D eigenvalue weighted by Crippen LogP contribution is -2.50. The minimum Gasteiger partial charge on any atom is -0.488 e. The zero-order valence-electron chi connectivity index (χ0n) is 34.0. The summed E-state index contributed by atoms with van der Waals surface area (Å²) in [6.45, 7) is 15.3. The molecule has 0 bridgehead atoms. The van der Waals surface area contributed by atoms with E-state index in [2.05, 4.69) is 58.6 Å². The number of benzene rings is 3. The van der Waals surface area contributed by atoms with Crippen molar-refractivity contribution < 1.29 is 28.6 Å². The lowest BCUT2D eigenvalue weighted by atomic mass is 9.92. The largest absolute Gasteiger partial charge is 0.488 e. The van der Waals surface area contributed by atoms with Gasteiger partial charge in [0.2, 0.25) is 11.8 Å². The maximum Gasteiger partial charge on any atom is 0.407 e. The third-order valence-electron chi connectivity index (χ3n) is 10.9. The highest BCUT2D eigenvalue weighted by Crippen LogP contribution is 2.43. The molecule has 6 rings (SSSR count). The molecule has 5 atom stereocenters.